The van der Waals surface area contributed by atoms with Crippen LogP contribution in [0.1, 0.15) is 26.3 Å². The van der Waals surface area contributed by atoms with Crippen LogP contribution in [0.2, 0.25) is 0 Å². The Balaban J connectivity index is 2.70. The van der Waals surface area contributed by atoms with E-state index in [1.54, 1.807) is 20.8 Å². The molecule has 0 bridgehead atoms. The molecule has 0 heterocycles. The van der Waals surface area contributed by atoms with Crippen molar-refractivity contribution < 1.29 is 14.3 Å². The quantitative estimate of drug-likeness (QED) is 0.608. The van der Waals surface area contributed by atoms with Gasteiger partial charge in [0.05, 0.1) is 25.8 Å². The van der Waals surface area contributed by atoms with Crippen molar-refractivity contribution in [2.45, 2.75) is 39.5 Å². The van der Waals surface area contributed by atoms with Gasteiger partial charge in [0.15, 0.2) is 0 Å². The molecule has 2 amide bonds. The van der Waals surface area contributed by atoms with Crippen molar-refractivity contribution >= 4 is 11.8 Å². The van der Waals surface area contributed by atoms with Gasteiger partial charge < -0.3 is 21.1 Å². The van der Waals surface area contributed by atoms with Gasteiger partial charge in [0, 0.05) is 5.92 Å². The third-order valence-electron chi connectivity index (χ3n) is 3.51. The Morgan fingerprint density at radius 1 is 1.12 bits per heavy atom. The number of hydrogen-bond acceptors (Lipinski definition) is 4. The van der Waals surface area contributed by atoms with Crippen LogP contribution >= 0.6 is 0 Å². The molecule has 0 fully saturated rings. The number of ether oxygens (including phenoxy) is 1. The highest BCUT2D eigenvalue weighted by Crippen LogP contribution is 2.07. The van der Waals surface area contributed by atoms with E-state index in [-0.39, 0.29) is 30.8 Å². The first-order valence-corrected chi connectivity index (χ1v) is 8.35. The second kappa shape index (κ2) is 11.2. The first-order chi connectivity index (χ1) is 12.0. The normalized spacial score (nSPS) is 12.7. The van der Waals surface area contributed by atoms with E-state index < -0.39 is 12.1 Å². The van der Waals surface area contributed by atoms with Crippen molar-refractivity contribution in [3.05, 3.63) is 35.9 Å². The van der Waals surface area contributed by atoms with Gasteiger partial charge in [-0.25, -0.2) is 0 Å². The van der Waals surface area contributed by atoms with Gasteiger partial charge in [0.25, 0.3) is 0 Å². The molecule has 2 unspecified atom stereocenters. The Kier molecular flexibility index (Phi) is 9.30. The number of rotatable bonds is 8. The molecule has 6 heteroatoms. The molecule has 0 aliphatic rings. The fraction of sp³-hybridized carbons (Fsp3) is 0.474. The number of carbonyl (C=O) groups excluding carboxylic acids is 2. The molecule has 0 spiro atoms. The van der Waals surface area contributed by atoms with Gasteiger partial charge in [-0.15, -0.1) is 0 Å². The van der Waals surface area contributed by atoms with Gasteiger partial charge in [-0.3, -0.25) is 9.59 Å². The van der Waals surface area contributed by atoms with E-state index in [0.717, 1.165) is 5.56 Å². The zero-order valence-corrected chi connectivity index (χ0v) is 15.0. The molecule has 1 aromatic carbocycles. The highest BCUT2D eigenvalue weighted by Gasteiger charge is 2.28. The van der Waals surface area contributed by atoms with Gasteiger partial charge in [0.1, 0.15) is 6.04 Å². The molecular weight excluding hydrogens is 318 g/mol. The number of nitrogens with two attached hydrogens (primary N) is 1. The van der Waals surface area contributed by atoms with Crippen LogP contribution in [0.4, 0.5) is 0 Å². The average molecular weight is 345 g/mol. The second-order valence-corrected chi connectivity index (χ2v) is 5.92. The molecule has 1 aromatic rings. The maximum absolute atomic E-state index is 12.4. The molecule has 0 saturated heterocycles. The minimum Gasteiger partial charge on any atom is -0.371 e. The Morgan fingerprint density at radius 2 is 1.80 bits per heavy atom. The summed E-state index contributed by atoms with van der Waals surface area (Å²) < 4.78 is 5.79. The summed E-state index contributed by atoms with van der Waals surface area (Å²) in [4.78, 5) is 24.4. The minimum atomic E-state index is -0.793. The number of amides is 2. The molecule has 4 N–H and O–H groups in total. The fourth-order valence-electron chi connectivity index (χ4n) is 1.99. The van der Waals surface area contributed by atoms with Crippen molar-refractivity contribution in [1.82, 2.24) is 10.6 Å². The van der Waals surface area contributed by atoms with Gasteiger partial charge in [-0.2, -0.15) is 0 Å². The molecule has 0 aromatic heterocycles. The van der Waals surface area contributed by atoms with Crippen LogP contribution in [-0.2, 0) is 20.9 Å². The topological polar surface area (TPSA) is 93.5 Å². The first-order valence-electron chi connectivity index (χ1n) is 8.35. The number of benzene rings is 1. The maximum Gasteiger partial charge on any atom is 0.246 e. The zero-order valence-electron chi connectivity index (χ0n) is 15.0. The fourth-order valence-corrected chi connectivity index (χ4v) is 1.99. The predicted octanol–water partition coefficient (Wildman–Crippen LogP) is 0.811. The number of carbonyl (C=O) groups is 2. The maximum atomic E-state index is 12.4. The summed E-state index contributed by atoms with van der Waals surface area (Å²) in [6, 6.07) is 8.86. The molecule has 25 heavy (non-hydrogen) atoms. The van der Waals surface area contributed by atoms with Crippen LogP contribution in [0.15, 0.2) is 30.3 Å². The summed E-state index contributed by atoms with van der Waals surface area (Å²) >= 11 is 0. The van der Waals surface area contributed by atoms with Crippen molar-refractivity contribution in [2.24, 2.45) is 11.7 Å². The van der Waals surface area contributed by atoms with Gasteiger partial charge in [-0.1, -0.05) is 56.0 Å². The van der Waals surface area contributed by atoms with Crippen LogP contribution in [0, 0.1) is 17.8 Å². The summed E-state index contributed by atoms with van der Waals surface area (Å²) in [6.45, 7) is 6.07. The molecule has 0 aliphatic heterocycles. The van der Waals surface area contributed by atoms with Crippen LogP contribution in [0.3, 0.4) is 0 Å². The van der Waals surface area contributed by atoms with E-state index in [0.29, 0.717) is 6.61 Å². The van der Waals surface area contributed by atoms with E-state index in [9.17, 15) is 9.59 Å². The highest BCUT2D eigenvalue weighted by molar-refractivity contribution is 5.88. The third kappa shape index (κ3) is 7.84. The monoisotopic (exact) mass is 345 g/mol. The second-order valence-electron chi connectivity index (χ2n) is 5.92. The summed E-state index contributed by atoms with van der Waals surface area (Å²) in [5.74, 6) is 4.64. The predicted molar refractivity (Wildman–Crippen MR) is 97.3 cm³/mol. The standard InChI is InChI=1S/C19H27N3O3/c1-14(2)18(23)22-17(19(24)21-12-8-7-11-20)15(3)25-13-16-9-5-4-6-10-16/h4-6,9-10,14-15,17H,11-13,20H2,1-3H3,(H,21,24)(H,22,23). The summed E-state index contributed by atoms with van der Waals surface area (Å²) in [7, 11) is 0. The zero-order chi connectivity index (χ0) is 18.7. The van der Waals surface area contributed by atoms with Crippen LogP contribution in [0.5, 0.6) is 0 Å². The summed E-state index contributed by atoms with van der Waals surface area (Å²) in [5.41, 5.74) is 6.28. The molecule has 2 atom stereocenters. The lowest BCUT2D eigenvalue weighted by Gasteiger charge is -2.25. The number of hydrogen-bond donors (Lipinski definition) is 3. The molecular formula is C19H27N3O3. The van der Waals surface area contributed by atoms with Crippen LogP contribution in [-0.4, -0.2) is 37.0 Å². The first kappa shape index (κ1) is 20.7. The molecule has 1 rings (SSSR count). The van der Waals surface area contributed by atoms with Crippen molar-refractivity contribution in [3.63, 3.8) is 0 Å². The Hall–Kier alpha value is -2.36. The Morgan fingerprint density at radius 3 is 2.40 bits per heavy atom. The lowest BCUT2D eigenvalue weighted by Crippen LogP contribution is -2.54. The van der Waals surface area contributed by atoms with Gasteiger partial charge >= 0.3 is 0 Å². The molecule has 0 aliphatic carbocycles. The van der Waals surface area contributed by atoms with E-state index in [1.807, 2.05) is 30.3 Å². The van der Waals surface area contributed by atoms with Crippen molar-refractivity contribution in [2.75, 3.05) is 13.1 Å². The lowest BCUT2D eigenvalue weighted by molar-refractivity contribution is -0.134. The van der Waals surface area contributed by atoms with Crippen molar-refractivity contribution in [1.29, 1.82) is 0 Å². The van der Waals surface area contributed by atoms with E-state index in [1.165, 1.54) is 0 Å². The molecule has 0 saturated carbocycles. The Labute approximate surface area is 149 Å². The third-order valence-corrected chi connectivity index (χ3v) is 3.51. The number of nitrogens with one attached hydrogen (secondary N) is 2. The van der Waals surface area contributed by atoms with E-state index >= 15 is 0 Å². The van der Waals surface area contributed by atoms with Crippen LogP contribution in [0.25, 0.3) is 0 Å². The largest absolute Gasteiger partial charge is 0.371 e. The molecule has 6 nitrogen and oxygen atoms in total. The molecule has 136 valence electrons. The minimum absolute atomic E-state index is 0.176. The van der Waals surface area contributed by atoms with Gasteiger partial charge in [0.2, 0.25) is 11.8 Å². The van der Waals surface area contributed by atoms with Crippen LogP contribution < -0.4 is 16.4 Å². The van der Waals surface area contributed by atoms with E-state index in [4.69, 9.17) is 10.5 Å². The summed E-state index contributed by atoms with van der Waals surface area (Å²) in [6.07, 6.45) is -0.495. The summed E-state index contributed by atoms with van der Waals surface area (Å²) in [5, 5.41) is 5.42. The average Bonchev–Trinajstić information content (AvgIpc) is 2.61. The van der Waals surface area contributed by atoms with Crippen molar-refractivity contribution in [3.8, 4) is 11.8 Å². The smallest absolute Gasteiger partial charge is 0.246 e. The SMILES string of the molecule is CC(C)C(=O)NC(C(=O)NCC#CCN)C(C)OCc1ccccc1. The molecule has 0 radical (unpaired) electrons. The van der Waals surface area contributed by atoms with E-state index in [2.05, 4.69) is 22.5 Å². The highest BCUT2D eigenvalue weighted by atomic mass is 16.5. The van der Waals surface area contributed by atoms with Gasteiger partial charge in [-0.05, 0) is 12.5 Å². The Bertz CT molecular complexity index is 605. The lowest BCUT2D eigenvalue weighted by atomic mass is 10.1.